The Morgan fingerprint density at radius 3 is 2.50 bits per heavy atom. The van der Waals surface area contributed by atoms with E-state index in [0.717, 1.165) is 0 Å². The van der Waals surface area contributed by atoms with Crippen LogP contribution in [0.25, 0.3) is 0 Å². The van der Waals surface area contributed by atoms with Gasteiger partial charge in [0, 0.05) is 5.69 Å². The van der Waals surface area contributed by atoms with E-state index in [9.17, 15) is 9.59 Å². The number of hydrogen-bond acceptors (Lipinski definition) is 4. The molecule has 0 unspecified atom stereocenters. The molecule has 1 N–H and O–H groups in total. The van der Waals surface area contributed by atoms with Crippen LogP contribution in [0.4, 0.5) is 5.69 Å². The molecule has 5 nitrogen and oxygen atoms in total. The van der Waals surface area contributed by atoms with Gasteiger partial charge >= 0.3 is 5.97 Å². The first kappa shape index (κ1) is 14.3. The fourth-order valence-electron chi connectivity index (χ4n) is 1.17. The second-order valence-corrected chi connectivity index (χ2v) is 3.57. The number of benzene rings is 1. The highest BCUT2D eigenvalue weighted by Crippen LogP contribution is 2.15. The van der Waals surface area contributed by atoms with Crippen molar-refractivity contribution in [1.82, 2.24) is 0 Å². The van der Waals surface area contributed by atoms with E-state index in [4.69, 9.17) is 21.1 Å². The lowest BCUT2D eigenvalue weighted by atomic mass is 10.3. The Morgan fingerprint density at radius 2 is 1.94 bits per heavy atom. The molecule has 0 aliphatic carbocycles. The number of halogens is 1. The summed E-state index contributed by atoms with van der Waals surface area (Å²) in [5.74, 6) is -0.276. The number of rotatable bonds is 6. The van der Waals surface area contributed by atoms with Crippen LogP contribution in [-0.2, 0) is 14.3 Å². The van der Waals surface area contributed by atoms with Crippen LogP contribution >= 0.6 is 11.6 Å². The minimum Gasteiger partial charge on any atom is -0.482 e. The Bertz CT molecular complexity index is 405. The van der Waals surface area contributed by atoms with Crippen molar-refractivity contribution in [1.29, 1.82) is 0 Å². The summed E-state index contributed by atoms with van der Waals surface area (Å²) >= 11 is 5.36. The zero-order valence-electron chi connectivity index (χ0n) is 9.94. The molecule has 0 aromatic heterocycles. The second-order valence-electron chi connectivity index (χ2n) is 3.30. The molecule has 0 spiro atoms. The molecule has 0 aliphatic rings. The summed E-state index contributed by atoms with van der Waals surface area (Å²) in [6.07, 6.45) is 0. The van der Waals surface area contributed by atoms with Crippen molar-refractivity contribution in [3.05, 3.63) is 24.3 Å². The normalized spacial score (nSPS) is 9.67. The van der Waals surface area contributed by atoms with Gasteiger partial charge in [0.1, 0.15) is 11.6 Å². The molecular formula is C12H14ClNO4. The van der Waals surface area contributed by atoms with Gasteiger partial charge in [0.2, 0.25) is 5.91 Å². The zero-order chi connectivity index (χ0) is 13.4. The van der Waals surface area contributed by atoms with E-state index >= 15 is 0 Å². The number of esters is 1. The summed E-state index contributed by atoms with van der Waals surface area (Å²) in [4.78, 5) is 22.1. The monoisotopic (exact) mass is 271 g/mol. The van der Waals surface area contributed by atoms with Gasteiger partial charge in [-0.1, -0.05) is 0 Å². The van der Waals surface area contributed by atoms with Crippen LogP contribution in [-0.4, -0.2) is 31.0 Å². The van der Waals surface area contributed by atoms with Gasteiger partial charge < -0.3 is 14.8 Å². The van der Waals surface area contributed by atoms with Gasteiger partial charge in [-0.15, -0.1) is 11.6 Å². The van der Waals surface area contributed by atoms with Crippen LogP contribution in [0.1, 0.15) is 6.92 Å². The number of carbonyl (C=O) groups excluding carboxylic acids is 2. The standard InChI is InChI=1S/C12H14ClNO4/c1-2-17-12(16)8-18-10-5-3-9(4-6-10)14-11(15)7-13/h3-6H,2,7-8H2,1H3,(H,14,15). The number of alkyl halides is 1. The van der Waals surface area contributed by atoms with Gasteiger partial charge in [-0.2, -0.15) is 0 Å². The van der Waals surface area contributed by atoms with Gasteiger partial charge in [0.05, 0.1) is 6.61 Å². The van der Waals surface area contributed by atoms with E-state index in [-0.39, 0.29) is 18.4 Å². The maximum Gasteiger partial charge on any atom is 0.344 e. The average Bonchev–Trinajstić information content (AvgIpc) is 2.38. The largest absolute Gasteiger partial charge is 0.482 e. The molecule has 1 aromatic carbocycles. The van der Waals surface area contributed by atoms with Crippen molar-refractivity contribution >= 4 is 29.2 Å². The average molecular weight is 272 g/mol. The van der Waals surface area contributed by atoms with E-state index in [0.29, 0.717) is 18.0 Å². The molecule has 0 aliphatic heterocycles. The summed E-state index contributed by atoms with van der Waals surface area (Å²) in [5.41, 5.74) is 0.615. The van der Waals surface area contributed by atoms with Crippen molar-refractivity contribution in [3.8, 4) is 5.75 Å². The first-order chi connectivity index (χ1) is 8.65. The van der Waals surface area contributed by atoms with Gasteiger partial charge in [0.15, 0.2) is 6.61 Å². The molecule has 1 aromatic rings. The smallest absolute Gasteiger partial charge is 0.344 e. The minimum absolute atomic E-state index is 0.0961. The lowest BCUT2D eigenvalue weighted by Crippen LogP contribution is -2.14. The molecule has 0 radical (unpaired) electrons. The Morgan fingerprint density at radius 1 is 1.28 bits per heavy atom. The highest BCUT2D eigenvalue weighted by atomic mass is 35.5. The lowest BCUT2D eigenvalue weighted by molar-refractivity contribution is -0.145. The van der Waals surface area contributed by atoms with Crippen LogP contribution in [0, 0.1) is 0 Å². The van der Waals surface area contributed by atoms with E-state index in [1.165, 1.54) is 0 Å². The Kier molecular flexibility index (Phi) is 6.00. The summed E-state index contributed by atoms with van der Waals surface area (Å²) in [7, 11) is 0. The van der Waals surface area contributed by atoms with Gasteiger partial charge in [-0.3, -0.25) is 4.79 Å². The van der Waals surface area contributed by atoms with Crippen molar-refractivity contribution in [3.63, 3.8) is 0 Å². The topological polar surface area (TPSA) is 64.6 Å². The fourth-order valence-corrected chi connectivity index (χ4v) is 1.24. The molecular weight excluding hydrogens is 258 g/mol. The number of hydrogen-bond donors (Lipinski definition) is 1. The SMILES string of the molecule is CCOC(=O)COc1ccc(NC(=O)CCl)cc1. The zero-order valence-corrected chi connectivity index (χ0v) is 10.7. The third kappa shape index (κ3) is 5.05. The van der Waals surface area contributed by atoms with Crippen LogP contribution in [0.5, 0.6) is 5.75 Å². The maximum atomic E-state index is 11.0. The third-order valence-corrected chi connectivity index (χ3v) is 2.16. The molecule has 0 bridgehead atoms. The number of amides is 1. The summed E-state index contributed by atoms with van der Waals surface area (Å²) in [6.45, 7) is 1.92. The summed E-state index contributed by atoms with van der Waals surface area (Å²) in [5, 5.41) is 2.59. The highest BCUT2D eigenvalue weighted by molar-refractivity contribution is 6.29. The quantitative estimate of drug-likeness (QED) is 0.633. The Hall–Kier alpha value is -1.75. The maximum absolute atomic E-state index is 11.0. The van der Waals surface area contributed by atoms with Crippen LogP contribution in [0.15, 0.2) is 24.3 Å². The van der Waals surface area contributed by atoms with E-state index in [2.05, 4.69) is 5.32 Å². The van der Waals surface area contributed by atoms with Crippen molar-refractivity contribution in [2.24, 2.45) is 0 Å². The number of ether oxygens (including phenoxy) is 2. The molecule has 0 saturated heterocycles. The predicted molar refractivity (Wildman–Crippen MR) is 67.9 cm³/mol. The van der Waals surface area contributed by atoms with Gasteiger partial charge in [-0.05, 0) is 31.2 Å². The Labute approximate surface area is 110 Å². The van der Waals surface area contributed by atoms with Crippen LogP contribution < -0.4 is 10.1 Å². The number of nitrogens with one attached hydrogen (secondary N) is 1. The van der Waals surface area contributed by atoms with Crippen molar-refractivity contribution in [2.45, 2.75) is 6.92 Å². The van der Waals surface area contributed by atoms with Gasteiger partial charge in [-0.25, -0.2) is 4.79 Å². The predicted octanol–water partition coefficient (Wildman–Crippen LogP) is 1.81. The second kappa shape index (κ2) is 7.55. The van der Waals surface area contributed by atoms with Crippen LogP contribution in [0.2, 0.25) is 0 Å². The number of carbonyl (C=O) groups is 2. The number of anilines is 1. The van der Waals surface area contributed by atoms with Gasteiger partial charge in [0.25, 0.3) is 0 Å². The molecule has 0 fully saturated rings. The summed E-state index contributed by atoms with van der Waals surface area (Å²) in [6, 6.07) is 6.60. The molecule has 1 rings (SSSR count). The van der Waals surface area contributed by atoms with E-state index in [1.54, 1.807) is 31.2 Å². The first-order valence-electron chi connectivity index (χ1n) is 5.40. The fraction of sp³-hybridized carbons (Fsp3) is 0.333. The van der Waals surface area contributed by atoms with Crippen molar-refractivity contribution in [2.75, 3.05) is 24.4 Å². The molecule has 6 heteroatoms. The minimum atomic E-state index is -0.419. The van der Waals surface area contributed by atoms with Crippen molar-refractivity contribution < 1.29 is 19.1 Å². The third-order valence-electron chi connectivity index (χ3n) is 1.92. The molecule has 0 heterocycles. The molecule has 18 heavy (non-hydrogen) atoms. The van der Waals surface area contributed by atoms with Crippen LogP contribution in [0.3, 0.4) is 0 Å². The first-order valence-corrected chi connectivity index (χ1v) is 5.93. The molecule has 1 amide bonds. The highest BCUT2D eigenvalue weighted by Gasteiger charge is 2.04. The molecule has 98 valence electrons. The van der Waals surface area contributed by atoms with E-state index < -0.39 is 5.97 Å². The van der Waals surface area contributed by atoms with E-state index in [1.807, 2.05) is 0 Å². The summed E-state index contributed by atoms with van der Waals surface area (Å²) < 4.78 is 9.91. The molecule has 0 atom stereocenters. The lowest BCUT2D eigenvalue weighted by Gasteiger charge is -2.07. The Balaban J connectivity index is 2.45. The molecule has 0 saturated carbocycles.